The quantitative estimate of drug-likeness (QED) is 0.606. The first kappa shape index (κ1) is 12.5. The van der Waals surface area contributed by atoms with Crippen LogP contribution in [-0.4, -0.2) is 36.6 Å². The van der Waals surface area contributed by atoms with Crippen LogP contribution in [0, 0.1) is 5.92 Å². The molecule has 0 spiro atoms. The summed E-state index contributed by atoms with van der Waals surface area (Å²) in [6.07, 6.45) is 3.75. The molecule has 0 heterocycles. The summed E-state index contributed by atoms with van der Waals surface area (Å²) in [5.41, 5.74) is 0. The fraction of sp³-hybridized carbons (Fsp3) is 0.917. The molecule has 0 bridgehead atoms. The van der Waals surface area contributed by atoms with Gasteiger partial charge in [-0.15, -0.1) is 0 Å². The molecule has 1 unspecified atom stereocenters. The van der Waals surface area contributed by atoms with Crippen LogP contribution in [0.15, 0.2) is 0 Å². The Hall–Kier alpha value is -0.570. The molecular weight excluding hydrogens is 190 g/mol. The molecule has 1 fully saturated rings. The minimum absolute atomic E-state index is 0.0772. The first-order valence-corrected chi connectivity index (χ1v) is 6.09. The van der Waals surface area contributed by atoms with Crippen molar-refractivity contribution in [3.05, 3.63) is 0 Å². The molecule has 3 nitrogen and oxygen atoms in total. The van der Waals surface area contributed by atoms with E-state index in [1.54, 1.807) is 0 Å². The molecule has 1 aliphatic carbocycles. The summed E-state index contributed by atoms with van der Waals surface area (Å²) in [4.78, 5) is 13.9. The Labute approximate surface area is 92.8 Å². The first-order chi connectivity index (χ1) is 7.19. The molecule has 1 saturated carbocycles. The fourth-order valence-electron chi connectivity index (χ4n) is 1.77. The summed E-state index contributed by atoms with van der Waals surface area (Å²) < 4.78 is 5.05. The molecule has 0 amide bonds. The molecular formula is C12H23NO2. The molecule has 0 radical (unpaired) electrons. The van der Waals surface area contributed by atoms with Gasteiger partial charge < -0.3 is 4.74 Å². The maximum atomic E-state index is 11.6. The van der Waals surface area contributed by atoms with Gasteiger partial charge in [0.05, 0.1) is 6.61 Å². The van der Waals surface area contributed by atoms with Crippen molar-refractivity contribution >= 4 is 5.97 Å². The van der Waals surface area contributed by atoms with E-state index < -0.39 is 0 Å². The third-order valence-corrected chi connectivity index (χ3v) is 2.88. The second-order valence-electron chi connectivity index (χ2n) is 4.37. The Kier molecular flexibility index (Phi) is 5.09. The monoisotopic (exact) mass is 213 g/mol. The average molecular weight is 213 g/mol. The van der Waals surface area contributed by atoms with E-state index in [-0.39, 0.29) is 12.0 Å². The predicted octanol–water partition coefficient (Wildman–Crippen LogP) is 2.06. The molecule has 88 valence electrons. The number of esters is 1. The van der Waals surface area contributed by atoms with Gasteiger partial charge in [0.1, 0.15) is 6.04 Å². The SMILES string of the molecule is CCCN(CC1CC1)C(C)C(=O)OCC. The van der Waals surface area contributed by atoms with Crippen LogP contribution in [0.25, 0.3) is 0 Å². The largest absolute Gasteiger partial charge is 0.465 e. The maximum Gasteiger partial charge on any atom is 0.323 e. The van der Waals surface area contributed by atoms with Crippen molar-refractivity contribution in [2.45, 2.75) is 46.1 Å². The van der Waals surface area contributed by atoms with Crippen LogP contribution in [0.5, 0.6) is 0 Å². The minimum Gasteiger partial charge on any atom is -0.465 e. The highest BCUT2D eigenvalue weighted by Gasteiger charge is 2.29. The van der Waals surface area contributed by atoms with Crippen LogP contribution in [-0.2, 0) is 9.53 Å². The highest BCUT2D eigenvalue weighted by molar-refractivity contribution is 5.75. The molecule has 0 aliphatic heterocycles. The van der Waals surface area contributed by atoms with E-state index in [1.807, 2.05) is 13.8 Å². The molecule has 15 heavy (non-hydrogen) atoms. The lowest BCUT2D eigenvalue weighted by Crippen LogP contribution is -2.41. The van der Waals surface area contributed by atoms with Gasteiger partial charge in [0, 0.05) is 6.54 Å². The van der Waals surface area contributed by atoms with Crippen LogP contribution in [0.3, 0.4) is 0 Å². The molecule has 3 heteroatoms. The number of carbonyl (C=O) groups excluding carboxylic acids is 1. The molecule has 0 saturated heterocycles. The molecule has 1 aliphatic rings. The van der Waals surface area contributed by atoms with Crippen molar-refractivity contribution in [2.24, 2.45) is 5.92 Å². The molecule has 0 aromatic rings. The van der Waals surface area contributed by atoms with E-state index in [2.05, 4.69) is 11.8 Å². The van der Waals surface area contributed by atoms with E-state index in [4.69, 9.17) is 4.74 Å². The molecule has 0 aromatic carbocycles. The topological polar surface area (TPSA) is 29.5 Å². The first-order valence-electron chi connectivity index (χ1n) is 6.09. The van der Waals surface area contributed by atoms with Crippen LogP contribution in [0.1, 0.15) is 40.0 Å². The normalized spacial score (nSPS) is 17.9. The molecule has 1 atom stereocenters. The summed E-state index contributed by atoms with van der Waals surface area (Å²) in [5.74, 6) is 0.750. The lowest BCUT2D eigenvalue weighted by molar-refractivity contribution is -0.149. The van der Waals surface area contributed by atoms with Gasteiger partial charge >= 0.3 is 5.97 Å². The summed E-state index contributed by atoms with van der Waals surface area (Å²) in [6, 6.07) is -0.0782. The number of rotatable bonds is 7. The van der Waals surface area contributed by atoms with Crippen LogP contribution < -0.4 is 0 Å². The Bertz CT molecular complexity index is 202. The van der Waals surface area contributed by atoms with Gasteiger partial charge in [-0.2, -0.15) is 0 Å². The van der Waals surface area contributed by atoms with Crippen molar-refractivity contribution in [1.29, 1.82) is 0 Å². The number of ether oxygens (including phenoxy) is 1. The Morgan fingerprint density at radius 2 is 2.13 bits per heavy atom. The average Bonchev–Trinajstić information content (AvgIpc) is 3.00. The smallest absolute Gasteiger partial charge is 0.323 e. The summed E-state index contributed by atoms with van der Waals surface area (Å²) in [7, 11) is 0. The van der Waals surface area contributed by atoms with Crippen LogP contribution in [0.2, 0.25) is 0 Å². The van der Waals surface area contributed by atoms with Gasteiger partial charge in [0.25, 0.3) is 0 Å². The zero-order valence-corrected chi connectivity index (χ0v) is 10.2. The van der Waals surface area contributed by atoms with E-state index in [0.717, 1.165) is 25.4 Å². The van der Waals surface area contributed by atoms with E-state index in [0.29, 0.717) is 6.61 Å². The number of hydrogen-bond donors (Lipinski definition) is 0. The summed E-state index contributed by atoms with van der Waals surface area (Å²) >= 11 is 0. The molecule has 0 aromatic heterocycles. The van der Waals surface area contributed by atoms with Gasteiger partial charge in [-0.1, -0.05) is 6.92 Å². The van der Waals surface area contributed by atoms with Gasteiger partial charge in [-0.3, -0.25) is 9.69 Å². The van der Waals surface area contributed by atoms with Crippen molar-refractivity contribution in [1.82, 2.24) is 4.90 Å². The van der Waals surface area contributed by atoms with Crippen molar-refractivity contribution < 1.29 is 9.53 Å². The van der Waals surface area contributed by atoms with Gasteiger partial charge in [0.15, 0.2) is 0 Å². The third-order valence-electron chi connectivity index (χ3n) is 2.88. The van der Waals surface area contributed by atoms with Crippen molar-refractivity contribution in [3.63, 3.8) is 0 Å². The lowest BCUT2D eigenvalue weighted by atomic mass is 10.2. The van der Waals surface area contributed by atoms with E-state index >= 15 is 0 Å². The van der Waals surface area contributed by atoms with Crippen molar-refractivity contribution in [3.8, 4) is 0 Å². The minimum atomic E-state index is -0.0782. The molecule has 0 N–H and O–H groups in total. The number of nitrogens with zero attached hydrogens (tertiary/aromatic N) is 1. The lowest BCUT2D eigenvalue weighted by Gasteiger charge is -2.26. The van der Waals surface area contributed by atoms with Gasteiger partial charge in [-0.05, 0) is 45.6 Å². The van der Waals surface area contributed by atoms with Crippen LogP contribution >= 0.6 is 0 Å². The van der Waals surface area contributed by atoms with Crippen molar-refractivity contribution in [2.75, 3.05) is 19.7 Å². The molecule has 1 rings (SSSR count). The fourth-order valence-corrected chi connectivity index (χ4v) is 1.77. The zero-order valence-electron chi connectivity index (χ0n) is 10.2. The standard InChI is InChI=1S/C12H23NO2/c1-4-8-13(9-11-6-7-11)10(3)12(14)15-5-2/h10-11H,4-9H2,1-3H3. The third kappa shape index (κ3) is 4.20. The zero-order chi connectivity index (χ0) is 11.3. The second-order valence-corrected chi connectivity index (χ2v) is 4.37. The van der Waals surface area contributed by atoms with Gasteiger partial charge in [0.2, 0.25) is 0 Å². The second kappa shape index (κ2) is 6.11. The Balaban J connectivity index is 2.40. The number of hydrogen-bond acceptors (Lipinski definition) is 3. The van der Waals surface area contributed by atoms with E-state index in [1.165, 1.54) is 12.8 Å². The van der Waals surface area contributed by atoms with Gasteiger partial charge in [-0.25, -0.2) is 0 Å². The van der Waals surface area contributed by atoms with Crippen LogP contribution in [0.4, 0.5) is 0 Å². The highest BCUT2D eigenvalue weighted by Crippen LogP contribution is 2.30. The Morgan fingerprint density at radius 1 is 1.47 bits per heavy atom. The Morgan fingerprint density at radius 3 is 2.60 bits per heavy atom. The highest BCUT2D eigenvalue weighted by atomic mass is 16.5. The number of carbonyl (C=O) groups is 1. The predicted molar refractivity (Wildman–Crippen MR) is 60.7 cm³/mol. The van der Waals surface area contributed by atoms with E-state index in [9.17, 15) is 4.79 Å². The maximum absolute atomic E-state index is 11.6. The summed E-state index contributed by atoms with van der Waals surface area (Å²) in [6.45, 7) is 8.50. The summed E-state index contributed by atoms with van der Waals surface area (Å²) in [5, 5.41) is 0.